The predicted octanol–water partition coefficient (Wildman–Crippen LogP) is 5.64. The molecule has 1 amide bonds. The predicted molar refractivity (Wildman–Crippen MR) is 134 cm³/mol. The molecule has 0 saturated carbocycles. The summed E-state index contributed by atoms with van der Waals surface area (Å²) in [4.78, 5) is 12.4. The molecule has 31 heavy (non-hydrogen) atoms. The van der Waals surface area contributed by atoms with Crippen molar-refractivity contribution in [3.63, 3.8) is 0 Å². The molecule has 0 saturated heterocycles. The lowest BCUT2D eigenvalue weighted by Crippen LogP contribution is -2.15. The van der Waals surface area contributed by atoms with E-state index in [-0.39, 0.29) is 11.7 Å². The van der Waals surface area contributed by atoms with Gasteiger partial charge in [0.05, 0.1) is 5.75 Å². The van der Waals surface area contributed by atoms with Crippen molar-refractivity contribution in [1.82, 2.24) is 14.8 Å². The molecule has 0 atom stereocenters. The molecule has 0 fully saturated rings. The highest BCUT2D eigenvalue weighted by molar-refractivity contribution is 14.1. The van der Waals surface area contributed by atoms with Crippen molar-refractivity contribution in [1.29, 1.82) is 0 Å². The summed E-state index contributed by atoms with van der Waals surface area (Å²) in [6.07, 6.45) is 0. The second-order valence-corrected chi connectivity index (χ2v) is 9.64. The third-order valence-corrected chi connectivity index (χ3v) is 6.46. The number of hydrogen-bond acceptors (Lipinski definition) is 5. The van der Waals surface area contributed by atoms with E-state index in [1.165, 1.54) is 17.3 Å². The van der Waals surface area contributed by atoms with Crippen LogP contribution in [0.2, 0.25) is 0 Å². The molecule has 0 unspecified atom stereocenters. The summed E-state index contributed by atoms with van der Waals surface area (Å²) in [5.74, 6) is 2.23. The van der Waals surface area contributed by atoms with Gasteiger partial charge in [-0.2, -0.15) is 0 Å². The van der Waals surface area contributed by atoms with Crippen LogP contribution in [0, 0.1) is 10.5 Å². The second kappa shape index (κ2) is 11.0. The zero-order chi connectivity index (χ0) is 22.4. The monoisotopic (exact) mass is 550 g/mol. The Labute approximate surface area is 201 Å². The Morgan fingerprint density at radius 2 is 1.94 bits per heavy atom. The fraction of sp³-hybridized carbons (Fsp3) is 0.348. The molecule has 1 heterocycles. The maximum Gasteiger partial charge on any atom is 0.234 e. The number of carbonyl (C=O) groups excluding carboxylic acids is 1. The largest absolute Gasteiger partial charge is 0.486 e. The van der Waals surface area contributed by atoms with Gasteiger partial charge in [-0.1, -0.05) is 37.7 Å². The van der Waals surface area contributed by atoms with Crippen molar-refractivity contribution >= 4 is 45.9 Å². The molecular weight excluding hydrogens is 523 g/mol. The van der Waals surface area contributed by atoms with E-state index in [2.05, 4.69) is 64.1 Å². The van der Waals surface area contributed by atoms with Gasteiger partial charge in [0.25, 0.3) is 0 Å². The summed E-state index contributed by atoms with van der Waals surface area (Å²) < 4.78 is 9.02. The van der Waals surface area contributed by atoms with E-state index < -0.39 is 0 Å². The molecule has 3 rings (SSSR count). The number of amides is 1. The summed E-state index contributed by atoms with van der Waals surface area (Å²) in [7, 11) is 0. The van der Waals surface area contributed by atoms with Gasteiger partial charge in [-0.05, 0) is 83.8 Å². The topological polar surface area (TPSA) is 69.0 Å². The molecule has 1 N–H and O–H groups in total. The number of aryl methyl sites for hydroxylation is 1. The molecule has 0 aliphatic rings. The lowest BCUT2D eigenvalue weighted by Gasteiger charge is -2.11. The van der Waals surface area contributed by atoms with Crippen LogP contribution in [0.3, 0.4) is 0 Å². The van der Waals surface area contributed by atoms with Gasteiger partial charge in [-0.3, -0.25) is 4.79 Å². The molecular formula is C23H27IN4O2S. The number of hydrogen-bond donors (Lipinski definition) is 1. The van der Waals surface area contributed by atoms with Crippen LogP contribution in [0.25, 0.3) is 0 Å². The molecule has 0 aliphatic carbocycles. The molecule has 8 heteroatoms. The number of nitrogens with zero attached hydrogens (tertiary/aromatic N) is 3. The van der Waals surface area contributed by atoms with Gasteiger partial charge < -0.3 is 14.6 Å². The van der Waals surface area contributed by atoms with E-state index in [4.69, 9.17) is 4.74 Å². The molecule has 6 nitrogen and oxygen atoms in total. The van der Waals surface area contributed by atoms with Gasteiger partial charge >= 0.3 is 0 Å². The summed E-state index contributed by atoms with van der Waals surface area (Å²) in [5, 5.41) is 12.2. The third kappa shape index (κ3) is 6.46. The molecule has 1 aromatic heterocycles. The molecule has 0 radical (unpaired) electrons. The van der Waals surface area contributed by atoms with Crippen LogP contribution in [-0.2, 0) is 17.9 Å². The van der Waals surface area contributed by atoms with Crippen LogP contribution in [0.15, 0.2) is 47.6 Å². The van der Waals surface area contributed by atoms with Crippen LogP contribution in [0.5, 0.6) is 5.75 Å². The van der Waals surface area contributed by atoms with Gasteiger partial charge in [0.2, 0.25) is 5.91 Å². The van der Waals surface area contributed by atoms with E-state index in [9.17, 15) is 4.79 Å². The summed E-state index contributed by atoms with van der Waals surface area (Å²) >= 11 is 3.64. The maximum absolute atomic E-state index is 12.4. The van der Waals surface area contributed by atoms with Crippen molar-refractivity contribution in [2.75, 3.05) is 11.1 Å². The normalized spacial score (nSPS) is 11.0. The minimum Gasteiger partial charge on any atom is -0.486 e. The van der Waals surface area contributed by atoms with Gasteiger partial charge in [-0.15, -0.1) is 10.2 Å². The fourth-order valence-corrected chi connectivity index (χ4v) is 4.50. The number of nitrogens with one attached hydrogen (secondary N) is 1. The number of aromatic nitrogens is 3. The molecule has 3 aromatic rings. The highest BCUT2D eigenvalue weighted by Crippen LogP contribution is 2.22. The Hall–Kier alpha value is -2.07. The molecule has 164 valence electrons. The quantitative estimate of drug-likeness (QED) is 0.276. The van der Waals surface area contributed by atoms with Crippen LogP contribution >= 0.6 is 34.4 Å². The summed E-state index contributed by atoms with van der Waals surface area (Å²) in [6, 6.07) is 14.1. The highest BCUT2D eigenvalue weighted by atomic mass is 127. The van der Waals surface area contributed by atoms with E-state index in [0.29, 0.717) is 24.2 Å². The lowest BCUT2D eigenvalue weighted by molar-refractivity contribution is -0.113. The van der Waals surface area contributed by atoms with Gasteiger partial charge in [-0.25, -0.2) is 0 Å². The zero-order valence-electron chi connectivity index (χ0n) is 18.2. The SMILES string of the molecule is CCn1c(COc2ccc(C(C)C)cc2)nnc1SCC(=O)Nc1ccc(I)cc1C. The number of thioether (sulfide) groups is 1. The molecule has 0 spiro atoms. The van der Waals surface area contributed by atoms with Gasteiger partial charge in [0.15, 0.2) is 11.0 Å². The molecule has 2 aromatic carbocycles. The Morgan fingerprint density at radius 1 is 1.19 bits per heavy atom. The minimum absolute atomic E-state index is 0.0667. The van der Waals surface area contributed by atoms with Crippen LogP contribution in [0.4, 0.5) is 5.69 Å². The summed E-state index contributed by atoms with van der Waals surface area (Å²) in [6.45, 7) is 9.39. The third-order valence-electron chi connectivity index (χ3n) is 4.82. The van der Waals surface area contributed by atoms with Crippen molar-refractivity contribution < 1.29 is 9.53 Å². The smallest absolute Gasteiger partial charge is 0.234 e. The highest BCUT2D eigenvalue weighted by Gasteiger charge is 2.14. The fourth-order valence-electron chi connectivity index (χ4n) is 3.03. The first kappa shape index (κ1) is 23.6. The number of benzene rings is 2. The molecule has 0 bridgehead atoms. The van der Waals surface area contributed by atoms with Crippen LogP contribution < -0.4 is 10.1 Å². The zero-order valence-corrected chi connectivity index (χ0v) is 21.2. The lowest BCUT2D eigenvalue weighted by atomic mass is 10.0. The number of rotatable bonds is 9. The minimum atomic E-state index is -0.0667. The van der Waals surface area contributed by atoms with Crippen LogP contribution in [0.1, 0.15) is 43.6 Å². The maximum atomic E-state index is 12.4. The number of halogens is 1. The van der Waals surface area contributed by atoms with Gasteiger partial charge in [0.1, 0.15) is 12.4 Å². The second-order valence-electron chi connectivity index (χ2n) is 7.45. The molecule has 0 aliphatic heterocycles. The number of carbonyl (C=O) groups is 1. The van der Waals surface area contributed by atoms with Crippen molar-refractivity contribution in [3.05, 3.63) is 63.0 Å². The van der Waals surface area contributed by atoms with Crippen LogP contribution in [-0.4, -0.2) is 26.4 Å². The Balaban J connectivity index is 1.57. The average molecular weight is 550 g/mol. The van der Waals surface area contributed by atoms with Crippen molar-refractivity contribution in [3.8, 4) is 5.75 Å². The van der Waals surface area contributed by atoms with Crippen molar-refractivity contribution in [2.24, 2.45) is 0 Å². The first-order valence-electron chi connectivity index (χ1n) is 10.2. The average Bonchev–Trinajstić information content (AvgIpc) is 3.15. The number of anilines is 1. The van der Waals surface area contributed by atoms with E-state index in [1.54, 1.807) is 0 Å². The number of ether oxygens (including phenoxy) is 1. The first-order chi connectivity index (χ1) is 14.9. The van der Waals surface area contributed by atoms with E-state index >= 15 is 0 Å². The van der Waals surface area contributed by atoms with E-state index in [1.807, 2.05) is 48.7 Å². The Bertz CT molecular complexity index is 1030. The summed E-state index contributed by atoms with van der Waals surface area (Å²) in [5.41, 5.74) is 3.16. The Kier molecular flexibility index (Phi) is 8.36. The standard InChI is InChI=1S/C23H27IN4O2S/c1-5-28-21(13-30-19-9-6-17(7-10-19)15(2)3)26-27-23(28)31-14-22(29)25-20-11-8-18(24)12-16(20)4/h6-12,15H,5,13-14H2,1-4H3,(H,25,29). The van der Waals surface area contributed by atoms with Crippen molar-refractivity contribution in [2.45, 2.75) is 51.9 Å². The Morgan fingerprint density at radius 3 is 2.58 bits per heavy atom. The van der Waals surface area contributed by atoms with E-state index in [0.717, 1.165) is 26.4 Å². The first-order valence-corrected chi connectivity index (χ1v) is 12.3. The van der Waals surface area contributed by atoms with Gasteiger partial charge in [0, 0.05) is 15.8 Å².